The van der Waals surface area contributed by atoms with Gasteiger partial charge in [-0.15, -0.1) is 0 Å². The van der Waals surface area contributed by atoms with Crippen LogP contribution in [0.4, 0.5) is 4.39 Å². The summed E-state index contributed by atoms with van der Waals surface area (Å²) in [6, 6.07) is 16.2. The van der Waals surface area contributed by atoms with Crippen molar-refractivity contribution in [2.75, 3.05) is 0 Å². The van der Waals surface area contributed by atoms with Crippen LogP contribution < -0.4 is 0 Å². The van der Waals surface area contributed by atoms with E-state index in [1.54, 1.807) is 18.5 Å². The Morgan fingerprint density at radius 2 is 1.80 bits per heavy atom. The second kappa shape index (κ2) is 5.27. The molecule has 120 valence electrons. The molecule has 0 aliphatic rings. The fourth-order valence-corrected chi connectivity index (χ4v) is 3.17. The van der Waals surface area contributed by atoms with E-state index in [1.807, 2.05) is 47.1 Å². The molecule has 4 nitrogen and oxygen atoms in total. The Morgan fingerprint density at radius 3 is 2.68 bits per heavy atom. The van der Waals surface area contributed by atoms with Crippen molar-refractivity contribution in [3.05, 3.63) is 79.1 Å². The van der Waals surface area contributed by atoms with E-state index in [0.717, 1.165) is 27.6 Å². The molecule has 3 heterocycles. The number of rotatable bonds is 2. The smallest absolute Gasteiger partial charge is 0.175 e. The molecular weight excluding hydrogens is 317 g/mol. The summed E-state index contributed by atoms with van der Waals surface area (Å²) in [6.45, 7) is 0. The molecular formula is C20H12FN3O. The van der Waals surface area contributed by atoms with Crippen molar-refractivity contribution in [2.45, 2.75) is 0 Å². The number of fused-ring (bicyclic) bond motifs is 2. The maximum Gasteiger partial charge on any atom is 0.175 e. The highest BCUT2D eigenvalue weighted by Gasteiger charge is 2.16. The van der Waals surface area contributed by atoms with Crippen LogP contribution >= 0.6 is 0 Å². The van der Waals surface area contributed by atoms with Gasteiger partial charge in [-0.1, -0.05) is 17.3 Å². The van der Waals surface area contributed by atoms with Gasteiger partial charge in [0, 0.05) is 29.1 Å². The van der Waals surface area contributed by atoms with Crippen LogP contribution in [0.3, 0.4) is 0 Å². The predicted octanol–water partition coefficient (Wildman–Crippen LogP) is 4.95. The third-order valence-electron chi connectivity index (χ3n) is 4.36. The molecule has 0 spiro atoms. The van der Waals surface area contributed by atoms with Crippen molar-refractivity contribution in [1.29, 1.82) is 0 Å². The first-order valence-corrected chi connectivity index (χ1v) is 7.87. The fourth-order valence-electron chi connectivity index (χ4n) is 3.17. The zero-order chi connectivity index (χ0) is 16.8. The standard InChI is InChI=1S/C20H12FN3O/c21-14-8-6-13(7-9-14)19-16-4-1-3-15(20(16)25-23-19)17-11-22-12-24-10-2-5-18(17)24/h1-12H. The molecule has 25 heavy (non-hydrogen) atoms. The lowest BCUT2D eigenvalue weighted by Gasteiger charge is -2.05. The summed E-state index contributed by atoms with van der Waals surface area (Å²) in [5, 5.41) is 5.11. The number of nitrogens with zero attached hydrogens (tertiary/aromatic N) is 3. The van der Waals surface area contributed by atoms with Crippen molar-refractivity contribution >= 4 is 16.5 Å². The summed E-state index contributed by atoms with van der Waals surface area (Å²) in [5.41, 5.74) is 5.15. The Balaban J connectivity index is 1.76. The number of halogens is 1. The molecule has 0 bridgehead atoms. The Morgan fingerprint density at radius 1 is 0.920 bits per heavy atom. The molecule has 0 aliphatic heterocycles. The highest BCUT2D eigenvalue weighted by molar-refractivity contribution is 6.02. The molecule has 3 aromatic heterocycles. The van der Waals surface area contributed by atoms with E-state index < -0.39 is 0 Å². The van der Waals surface area contributed by atoms with Gasteiger partial charge in [0.15, 0.2) is 5.58 Å². The Labute approximate surface area is 142 Å². The van der Waals surface area contributed by atoms with Crippen LogP contribution in [0, 0.1) is 5.82 Å². The lowest BCUT2D eigenvalue weighted by molar-refractivity contribution is 0.460. The molecule has 0 saturated carbocycles. The maximum absolute atomic E-state index is 13.2. The number of aromatic nitrogens is 3. The topological polar surface area (TPSA) is 43.3 Å². The molecule has 0 atom stereocenters. The molecule has 0 radical (unpaired) electrons. The third kappa shape index (κ3) is 2.13. The van der Waals surface area contributed by atoms with Gasteiger partial charge in [-0.2, -0.15) is 0 Å². The molecule has 0 fully saturated rings. The van der Waals surface area contributed by atoms with Crippen LogP contribution in [0.2, 0.25) is 0 Å². The minimum Gasteiger partial charge on any atom is -0.355 e. The van der Waals surface area contributed by atoms with Crippen LogP contribution in [0.1, 0.15) is 0 Å². The Bertz CT molecular complexity index is 1200. The van der Waals surface area contributed by atoms with Crippen LogP contribution in [0.5, 0.6) is 0 Å². The molecule has 5 heteroatoms. The molecule has 0 amide bonds. The van der Waals surface area contributed by atoms with Crippen molar-refractivity contribution in [1.82, 2.24) is 14.5 Å². The second-order valence-corrected chi connectivity index (χ2v) is 5.83. The number of benzene rings is 2. The molecule has 0 unspecified atom stereocenters. The van der Waals surface area contributed by atoms with Gasteiger partial charge in [0.2, 0.25) is 0 Å². The van der Waals surface area contributed by atoms with Crippen LogP contribution in [0.25, 0.3) is 38.9 Å². The van der Waals surface area contributed by atoms with E-state index in [4.69, 9.17) is 4.52 Å². The predicted molar refractivity (Wildman–Crippen MR) is 93.6 cm³/mol. The zero-order valence-corrected chi connectivity index (χ0v) is 13.1. The van der Waals surface area contributed by atoms with Gasteiger partial charge in [0.25, 0.3) is 0 Å². The van der Waals surface area contributed by atoms with Gasteiger partial charge in [-0.25, -0.2) is 9.37 Å². The molecule has 2 aromatic carbocycles. The number of hydrogen-bond donors (Lipinski definition) is 0. The summed E-state index contributed by atoms with van der Waals surface area (Å²) in [7, 11) is 0. The van der Waals surface area contributed by atoms with Crippen LogP contribution in [0.15, 0.2) is 77.8 Å². The van der Waals surface area contributed by atoms with Crippen LogP contribution in [-0.4, -0.2) is 14.5 Å². The second-order valence-electron chi connectivity index (χ2n) is 5.83. The van der Waals surface area contributed by atoms with Crippen LogP contribution in [-0.2, 0) is 0 Å². The Hall–Kier alpha value is -3.47. The fraction of sp³-hybridized carbons (Fsp3) is 0. The SMILES string of the molecule is Fc1ccc(-c2noc3c(-c4cncn5cccc45)cccc23)cc1. The maximum atomic E-state index is 13.2. The summed E-state index contributed by atoms with van der Waals surface area (Å²) in [5.74, 6) is -0.275. The quantitative estimate of drug-likeness (QED) is 0.460. The average molecular weight is 329 g/mol. The van der Waals surface area contributed by atoms with Gasteiger partial charge >= 0.3 is 0 Å². The van der Waals surface area contributed by atoms with Gasteiger partial charge in [-0.05, 0) is 42.5 Å². The van der Waals surface area contributed by atoms with Gasteiger partial charge in [0.05, 0.1) is 17.2 Å². The van der Waals surface area contributed by atoms with E-state index in [9.17, 15) is 4.39 Å². The van der Waals surface area contributed by atoms with E-state index >= 15 is 0 Å². The lowest BCUT2D eigenvalue weighted by atomic mass is 10.0. The lowest BCUT2D eigenvalue weighted by Crippen LogP contribution is -1.89. The molecule has 0 aliphatic carbocycles. The minimum absolute atomic E-state index is 0.275. The highest BCUT2D eigenvalue weighted by Crippen LogP contribution is 2.35. The summed E-state index contributed by atoms with van der Waals surface area (Å²) < 4.78 is 20.8. The molecule has 0 N–H and O–H groups in total. The normalized spacial score (nSPS) is 11.4. The summed E-state index contributed by atoms with van der Waals surface area (Å²) in [4.78, 5) is 4.30. The molecule has 5 aromatic rings. The average Bonchev–Trinajstić information content (AvgIpc) is 3.29. The van der Waals surface area contributed by atoms with E-state index in [1.165, 1.54) is 12.1 Å². The monoisotopic (exact) mass is 329 g/mol. The summed E-state index contributed by atoms with van der Waals surface area (Å²) in [6.07, 6.45) is 5.55. The first-order valence-electron chi connectivity index (χ1n) is 7.87. The molecule has 5 rings (SSSR count). The van der Waals surface area contributed by atoms with Crippen molar-refractivity contribution in [2.24, 2.45) is 0 Å². The number of hydrogen-bond acceptors (Lipinski definition) is 3. The first-order chi connectivity index (χ1) is 12.3. The third-order valence-corrected chi connectivity index (χ3v) is 4.36. The zero-order valence-electron chi connectivity index (χ0n) is 13.1. The van der Waals surface area contributed by atoms with Gasteiger partial charge in [-0.3, -0.25) is 0 Å². The van der Waals surface area contributed by atoms with Crippen molar-refractivity contribution in [3.63, 3.8) is 0 Å². The largest absolute Gasteiger partial charge is 0.355 e. The van der Waals surface area contributed by atoms with Crippen molar-refractivity contribution < 1.29 is 8.91 Å². The van der Waals surface area contributed by atoms with E-state index in [2.05, 4.69) is 10.1 Å². The van der Waals surface area contributed by atoms with E-state index in [-0.39, 0.29) is 5.82 Å². The van der Waals surface area contributed by atoms with Crippen molar-refractivity contribution in [3.8, 4) is 22.4 Å². The molecule has 0 saturated heterocycles. The Kier molecular flexibility index (Phi) is 2.94. The number of para-hydroxylation sites is 1. The van der Waals surface area contributed by atoms with E-state index in [0.29, 0.717) is 11.3 Å². The first kappa shape index (κ1) is 13.9. The van der Waals surface area contributed by atoms with Gasteiger partial charge in [0.1, 0.15) is 11.5 Å². The van der Waals surface area contributed by atoms with Gasteiger partial charge < -0.3 is 8.92 Å². The summed E-state index contributed by atoms with van der Waals surface area (Å²) >= 11 is 0. The minimum atomic E-state index is -0.275. The highest BCUT2D eigenvalue weighted by atomic mass is 19.1.